The number of nitrogens with zero attached hydrogens (tertiary/aromatic N) is 2. The molecule has 25 heavy (non-hydrogen) atoms. The molecule has 0 amide bonds. The highest BCUT2D eigenvalue weighted by atomic mass is 16.2. The maximum absolute atomic E-state index is 12.0. The van der Waals surface area contributed by atoms with Gasteiger partial charge in [-0.05, 0) is 13.3 Å². The van der Waals surface area contributed by atoms with Crippen molar-refractivity contribution in [2.75, 3.05) is 0 Å². The second-order valence-corrected chi connectivity index (χ2v) is 7.44. The first-order chi connectivity index (χ1) is 12.3. The number of unbranched alkanes of at least 4 members (excludes halogenated alkanes) is 14. The molecule has 0 fully saturated rings. The van der Waals surface area contributed by atoms with Crippen LogP contribution in [0.3, 0.4) is 0 Å². The van der Waals surface area contributed by atoms with Crippen LogP contribution in [0, 0.1) is 6.92 Å². The monoisotopic (exact) mass is 348 g/mol. The number of hydrogen-bond donors (Lipinski definition) is 0. The first kappa shape index (κ1) is 21.9. The van der Waals surface area contributed by atoms with Crippen molar-refractivity contribution in [3.8, 4) is 0 Å². The van der Waals surface area contributed by atoms with Crippen molar-refractivity contribution < 1.29 is 4.79 Å². The lowest BCUT2D eigenvalue weighted by molar-refractivity contribution is 0.0896. The zero-order chi connectivity index (χ0) is 18.2. The smallest absolute Gasteiger partial charge is 0.232 e. The summed E-state index contributed by atoms with van der Waals surface area (Å²) in [6.07, 6.45) is 24.4. The van der Waals surface area contributed by atoms with E-state index in [4.69, 9.17) is 0 Å². The molecule has 0 aliphatic carbocycles. The summed E-state index contributed by atoms with van der Waals surface area (Å²) in [5.41, 5.74) is 0. The third-order valence-corrected chi connectivity index (χ3v) is 5.09. The minimum absolute atomic E-state index is 0.185. The molecular weight excluding hydrogens is 308 g/mol. The Kier molecular flexibility index (Phi) is 13.3. The fraction of sp³-hybridized carbons (Fsp3) is 0.818. The molecule has 0 bridgehead atoms. The van der Waals surface area contributed by atoms with E-state index in [2.05, 4.69) is 11.9 Å². The first-order valence-electron chi connectivity index (χ1n) is 10.8. The number of imidazole rings is 1. The second-order valence-electron chi connectivity index (χ2n) is 7.44. The third kappa shape index (κ3) is 11.2. The topological polar surface area (TPSA) is 34.9 Å². The number of aromatic nitrogens is 2. The Morgan fingerprint density at radius 1 is 0.800 bits per heavy atom. The van der Waals surface area contributed by atoms with Crippen LogP contribution in [-0.2, 0) is 0 Å². The average Bonchev–Trinajstić information content (AvgIpc) is 3.04. The van der Waals surface area contributed by atoms with Crippen molar-refractivity contribution in [3.05, 3.63) is 18.2 Å². The van der Waals surface area contributed by atoms with Gasteiger partial charge >= 0.3 is 0 Å². The summed E-state index contributed by atoms with van der Waals surface area (Å²) in [5.74, 6) is 0.982. The Morgan fingerprint density at radius 3 is 1.64 bits per heavy atom. The molecule has 3 nitrogen and oxygen atoms in total. The maximum atomic E-state index is 12.0. The molecular formula is C22H40N2O. The predicted molar refractivity (Wildman–Crippen MR) is 107 cm³/mol. The molecule has 3 heteroatoms. The summed E-state index contributed by atoms with van der Waals surface area (Å²) < 4.78 is 1.67. The lowest BCUT2D eigenvalue weighted by Crippen LogP contribution is -2.10. The van der Waals surface area contributed by atoms with Gasteiger partial charge in [0.1, 0.15) is 5.82 Å². The Labute approximate surface area is 155 Å². The Balaban J connectivity index is 1.79. The summed E-state index contributed by atoms with van der Waals surface area (Å²) in [7, 11) is 0. The van der Waals surface area contributed by atoms with Crippen LogP contribution < -0.4 is 0 Å². The normalized spacial score (nSPS) is 11.1. The Bertz CT molecular complexity index is 439. The van der Waals surface area contributed by atoms with E-state index in [9.17, 15) is 4.79 Å². The van der Waals surface area contributed by atoms with Gasteiger partial charge < -0.3 is 0 Å². The van der Waals surface area contributed by atoms with Crippen molar-refractivity contribution in [1.29, 1.82) is 0 Å². The number of carbonyl (C=O) groups is 1. The molecule has 0 aliphatic heterocycles. The quantitative estimate of drug-likeness (QED) is 0.299. The van der Waals surface area contributed by atoms with Gasteiger partial charge in [-0.25, -0.2) is 4.98 Å². The SMILES string of the molecule is CCCCCCCCCCCCCCCCCC(=O)n1ccnc1C. The van der Waals surface area contributed by atoms with Gasteiger partial charge in [0, 0.05) is 18.8 Å². The molecule has 0 N–H and O–H groups in total. The van der Waals surface area contributed by atoms with Crippen molar-refractivity contribution in [2.24, 2.45) is 0 Å². The summed E-state index contributed by atoms with van der Waals surface area (Å²) >= 11 is 0. The fourth-order valence-electron chi connectivity index (χ4n) is 3.41. The third-order valence-electron chi connectivity index (χ3n) is 5.09. The summed E-state index contributed by atoms with van der Waals surface area (Å²) in [4.78, 5) is 16.1. The highest BCUT2D eigenvalue weighted by Gasteiger charge is 2.06. The highest BCUT2D eigenvalue weighted by Crippen LogP contribution is 2.14. The molecule has 0 atom stereocenters. The van der Waals surface area contributed by atoms with Gasteiger partial charge in [-0.3, -0.25) is 9.36 Å². The van der Waals surface area contributed by atoms with Gasteiger partial charge in [-0.1, -0.05) is 96.8 Å². The van der Waals surface area contributed by atoms with Gasteiger partial charge in [0.25, 0.3) is 0 Å². The molecule has 0 saturated carbocycles. The molecule has 0 radical (unpaired) electrons. The van der Waals surface area contributed by atoms with Crippen LogP contribution in [0.1, 0.15) is 120 Å². The average molecular weight is 349 g/mol. The molecule has 0 aromatic carbocycles. The Hall–Kier alpha value is -1.12. The largest absolute Gasteiger partial charge is 0.274 e. The van der Waals surface area contributed by atoms with E-state index in [0.717, 1.165) is 12.2 Å². The number of aryl methyl sites for hydroxylation is 1. The van der Waals surface area contributed by atoms with E-state index in [-0.39, 0.29) is 5.91 Å². The van der Waals surface area contributed by atoms with E-state index in [1.54, 1.807) is 17.0 Å². The predicted octanol–water partition coefficient (Wildman–Crippen LogP) is 7.09. The van der Waals surface area contributed by atoms with E-state index in [1.807, 2.05) is 6.92 Å². The zero-order valence-electron chi connectivity index (χ0n) is 16.8. The van der Waals surface area contributed by atoms with E-state index in [1.165, 1.54) is 89.9 Å². The molecule has 0 spiro atoms. The number of hydrogen-bond acceptors (Lipinski definition) is 2. The molecule has 1 heterocycles. The van der Waals surface area contributed by atoms with Crippen LogP contribution in [0.15, 0.2) is 12.4 Å². The van der Waals surface area contributed by atoms with E-state index >= 15 is 0 Å². The van der Waals surface area contributed by atoms with Gasteiger partial charge in [-0.15, -0.1) is 0 Å². The van der Waals surface area contributed by atoms with Gasteiger partial charge in [0.2, 0.25) is 5.91 Å². The van der Waals surface area contributed by atoms with Gasteiger partial charge in [0.15, 0.2) is 0 Å². The molecule has 1 aromatic heterocycles. The van der Waals surface area contributed by atoms with Crippen molar-refractivity contribution in [2.45, 2.75) is 117 Å². The molecule has 0 saturated heterocycles. The van der Waals surface area contributed by atoms with Crippen LogP contribution in [-0.4, -0.2) is 15.5 Å². The highest BCUT2D eigenvalue weighted by molar-refractivity contribution is 5.79. The van der Waals surface area contributed by atoms with Crippen LogP contribution in [0.4, 0.5) is 0 Å². The number of rotatable bonds is 16. The molecule has 0 unspecified atom stereocenters. The molecule has 0 aliphatic rings. The summed E-state index contributed by atoms with van der Waals surface area (Å²) in [6.45, 7) is 4.16. The van der Waals surface area contributed by atoms with Gasteiger partial charge in [0.05, 0.1) is 0 Å². The van der Waals surface area contributed by atoms with Crippen molar-refractivity contribution >= 4 is 5.91 Å². The van der Waals surface area contributed by atoms with Gasteiger partial charge in [-0.2, -0.15) is 0 Å². The van der Waals surface area contributed by atoms with E-state index < -0.39 is 0 Å². The Morgan fingerprint density at radius 2 is 1.24 bits per heavy atom. The first-order valence-corrected chi connectivity index (χ1v) is 10.8. The van der Waals surface area contributed by atoms with Crippen LogP contribution in [0.5, 0.6) is 0 Å². The zero-order valence-corrected chi connectivity index (χ0v) is 16.8. The standard InChI is InChI=1S/C22H40N2O/c1-3-4-5-6-7-8-9-10-11-12-13-14-15-16-17-18-22(25)24-20-19-23-21(24)2/h19-20H,3-18H2,1-2H3. The van der Waals surface area contributed by atoms with Crippen LogP contribution >= 0.6 is 0 Å². The lowest BCUT2D eigenvalue weighted by Gasteiger charge is -2.04. The fourth-order valence-corrected chi connectivity index (χ4v) is 3.41. The summed E-state index contributed by atoms with van der Waals surface area (Å²) in [5, 5.41) is 0. The summed E-state index contributed by atoms with van der Waals surface area (Å²) in [6, 6.07) is 0. The molecule has 1 aromatic rings. The number of carbonyl (C=O) groups excluding carboxylic acids is 1. The van der Waals surface area contributed by atoms with E-state index in [0.29, 0.717) is 6.42 Å². The second kappa shape index (κ2) is 15.2. The van der Waals surface area contributed by atoms with Crippen molar-refractivity contribution in [1.82, 2.24) is 9.55 Å². The minimum Gasteiger partial charge on any atom is -0.274 e. The van der Waals surface area contributed by atoms with Crippen LogP contribution in [0.2, 0.25) is 0 Å². The van der Waals surface area contributed by atoms with Crippen molar-refractivity contribution in [3.63, 3.8) is 0 Å². The maximum Gasteiger partial charge on any atom is 0.232 e. The van der Waals surface area contributed by atoms with Crippen LogP contribution in [0.25, 0.3) is 0 Å². The molecule has 144 valence electrons. The minimum atomic E-state index is 0.185. The lowest BCUT2D eigenvalue weighted by atomic mass is 10.0. The molecule has 1 rings (SSSR count).